The molecule has 0 aliphatic rings. The lowest BCUT2D eigenvalue weighted by Crippen LogP contribution is -2.37. The van der Waals surface area contributed by atoms with Crippen molar-refractivity contribution in [3.8, 4) is 0 Å². The second-order valence-corrected chi connectivity index (χ2v) is 4.32. The maximum absolute atomic E-state index is 11.8. The van der Waals surface area contributed by atoms with Crippen LogP contribution in [0.3, 0.4) is 0 Å². The van der Waals surface area contributed by atoms with Crippen LogP contribution in [-0.2, 0) is 9.47 Å². The molecule has 18 heavy (non-hydrogen) atoms. The van der Waals surface area contributed by atoms with Crippen LogP contribution in [0.15, 0.2) is 0 Å². The van der Waals surface area contributed by atoms with Gasteiger partial charge in [-0.2, -0.15) is 0 Å². The van der Waals surface area contributed by atoms with Crippen molar-refractivity contribution in [2.24, 2.45) is 11.1 Å². The molecule has 0 spiro atoms. The molecule has 0 aromatic rings. The Morgan fingerprint density at radius 3 is 2.50 bits per heavy atom. The Kier molecular flexibility index (Phi) is 3.72. The lowest BCUT2D eigenvalue weighted by Gasteiger charge is -2.27. The third-order valence-electron chi connectivity index (χ3n) is 2.23. The van der Waals surface area contributed by atoms with Crippen molar-refractivity contribution in [1.29, 1.82) is 0 Å². The SMILES string of the molecule is [2H]C([2H])([2H])C(NC(=O)OCC(C)(CCC)COC(N)=O)C([2H])([2H])[2H]. The van der Waals surface area contributed by atoms with Crippen LogP contribution in [0.2, 0.25) is 0 Å². The van der Waals surface area contributed by atoms with Gasteiger partial charge in [-0.1, -0.05) is 20.3 Å². The Bertz CT molecular complexity index is 426. The van der Waals surface area contributed by atoms with Crippen LogP contribution in [-0.4, -0.2) is 31.4 Å². The quantitative estimate of drug-likeness (QED) is 0.737. The summed E-state index contributed by atoms with van der Waals surface area (Å²) in [6.45, 7) is -2.54. The highest BCUT2D eigenvalue weighted by atomic mass is 16.6. The largest absolute Gasteiger partial charge is 0.449 e. The van der Waals surface area contributed by atoms with E-state index in [-0.39, 0.29) is 13.2 Å². The monoisotopic (exact) mass is 266 g/mol. The molecule has 2 amide bonds. The molecule has 0 aliphatic carbocycles. The van der Waals surface area contributed by atoms with Crippen molar-refractivity contribution < 1.29 is 27.3 Å². The molecule has 1 unspecified atom stereocenters. The zero-order valence-corrected chi connectivity index (χ0v) is 10.6. The molecule has 0 aromatic carbocycles. The minimum absolute atomic E-state index is 0.0918. The van der Waals surface area contributed by atoms with Crippen LogP contribution in [0.25, 0.3) is 0 Å². The van der Waals surface area contributed by atoms with Gasteiger partial charge in [-0.05, 0) is 20.1 Å². The van der Waals surface area contributed by atoms with Crippen molar-refractivity contribution >= 4 is 12.2 Å². The van der Waals surface area contributed by atoms with E-state index in [0.29, 0.717) is 12.8 Å². The highest BCUT2D eigenvalue weighted by Gasteiger charge is 2.27. The average molecular weight is 266 g/mol. The van der Waals surface area contributed by atoms with Crippen molar-refractivity contribution in [2.45, 2.75) is 46.4 Å². The summed E-state index contributed by atoms with van der Waals surface area (Å²) in [7, 11) is 0. The van der Waals surface area contributed by atoms with Crippen molar-refractivity contribution in [3.63, 3.8) is 0 Å². The molecule has 3 N–H and O–H groups in total. The summed E-state index contributed by atoms with van der Waals surface area (Å²) in [6, 6.07) is -2.04. The van der Waals surface area contributed by atoms with Crippen LogP contribution in [0, 0.1) is 5.41 Å². The molecule has 0 aliphatic heterocycles. The number of carbonyl (C=O) groups excluding carboxylic acids is 2. The molecule has 0 saturated heterocycles. The Morgan fingerprint density at radius 2 is 2.00 bits per heavy atom. The zero-order chi connectivity index (χ0) is 19.2. The Labute approximate surface area is 117 Å². The first-order chi connectivity index (χ1) is 10.7. The molecule has 6 heteroatoms. The van der Waals surface area contributed by atoms with E-state index < -0.39 is 37.3 Å². The number of primary amides is 1. The van der Waals surface area contributed by atoms with Gasteiger partial charge in [0.15, 0.2) is 0 Å². The van der Waals surface area contributed by atoms with E-state index in [1.54, 1.807) is 6.92 Å². The number of nitrogens with one attached hydrogen (secondary N) is 1. The first-order valence-electron chi connectivity index (χ1n) is 8.57. The first kappa shape index (κ1) is 8.61. The van der Waals surface area contributed by atoms with Crippen LogP contribution >= 0.6 is 0 Å². The van der Waals surface area contributed by atoms with E-state index in [4.69, 9.17) is 23.4 Å². The number of alkyl carbamates (subject to hydrolysis) is 1. The molecule has 0 saturated carbocycles. The third kappa shape index (κ3) is 7.76. The fraction of sp³-hybridized carbons (Fsp3) is 0.833. The summed E-state index contributed by atoms with van der Waals surface area (Å²) in [4.78, 5) is 22.5. The smallest absolute Gasteiger partial charge is 0.407 e. The van der Waals surface area contributed by atoms with Gasteiger partial charge in [-0.25, -0.2) is 9.59 Å². The van der Waals surface area contributed by atoms with E-state index in [0.717, 1.165) is 0 Å². The van der Waals surface area contributed by atoms with Crippen LogP contribution in [0.4, 0.5) is 9.59 Å². The molecule has 0 rings (SSSR count). The lowest BCUT2D eigenvalue weighted by molar-refractivity contribution is 0.0333. The second kappa shape index (κ2) is 7.79. The van der Waals surface area contributed by atoms with Gasteiger partial charge in [0.05, 0.1) is 0 Å². The Hall–Kier alpha value is -1.46. The van der Waals surface area contributed by atoms with Gasteiger partial charge < -0.3 is 20.5 Å². The van der Waals surface area contributed by atoms with Gasteiger partial charge >= 0.3 is 12.2 Å². The second-order valence-electron chi connectivity index (χ2n) is 4.32. The van der Waals surface area contributed by atoms with Gasteiger partial charge in [0.2, 0.25) is 0 Å². The molecular weight excluding hydrogens is 236 g/mol. The maximum Gasteiger partial charge on any atom is 0.407 e. The summed E-state index contributed by atoms with van der Waals surface area (Å²) in [6.07, 6.45) is -0.896. The third-order valence-corrected chi connectivity index (χ3v) is 2.23. The highest BCUT2D eigenvalue weighted by Crippen LogP contribution is 2.24. The number of rotatable bonds is 7. The predicted molar refractivity (Wildman–Crippen MR) is 68.2 cm³/mol. The van der Waals surface area contributed by atoms with E-state index in [9.17, 15) is 9.59 Å². The van der Waals surface area contributed by atoms with E-state index >= 15 is 0 Å². The van der Waals surface area contributed by atoms with Crippen LogP contribution in [0.1, 0.15) is 48.6 Å². The van der Waals surface area contributed by atoms with E-state index in [1.807, 2.05) is 12.2 Å². The number of carbonyl (C=O) groups is 2. The summed E-state index contributed by atoms with van der Waals surface area (Å²) in [5.41, 5.74) is 4.18. The number of hydrogen-bond donors (Lipinski definition) is 2. The van der Waals surface area contributed by atoms with Crippen molar-refractivity contribution in [3.05, 3.63) is 0 Å². The van der Waals surface area contributed by atoms with Gasteiger partial charge in [0.1, 0.15) is 13.2 Å². The molecule has 106 valence electrons. The highest BCUT2D eigenvalue weighted by molar-refractivity contribution is 5.67. The molecule has 0 fully saturated rings. The van der Waals surface area contributed by atoms with Gasteiger partial charge in [-0.3, -0.25) is 0 Å². The summed E-state index contributed by atoms with van der Waals surface area (Å²) in [5, 5.41) is 1.86. The zero-order valence-electron chi connectivity index (χ0n) is 16.6. The first-order valence-corrected chi connectivity index (χ1v) is 5.57. The summed E-state index contributed by atoms with van der Waals surface area (Å²) < 4.78 is 52.9. The molecule has 0 radical (unpaired) electrons. The molecule has 0 heterocycles. The van der Waals surface area contributed by atoms with Gasteiger partial charge in [-0.15, -0.1) is 0 Å². The average Bonchev–Trinajstić information content (AvgIpc) is 2.38. The molecule has 0 bridgehead atoms. The predicted octanol–water partition coefficient (Wildman–Crippen LogP) is 2.02. The number of amides is 2. The normalized spacial score (nSPS) is 20.2. The van der Waals surface area contributed by atoms with E-state index in [1.165, 1.54) is 0 Å². The summed E-state index contributed by atoms with van der Waals surface area (Å²) in [5.74, 6) is 0. The fourth-order valence-electron chi connectivity index (χ4n) is 1.43. The molecular formula is C12H24N2O4. The van der Waals surface area contributed by atoms with Crippen molar-refractivity contribution in [2.75, 3.05) is 13.2 Å². The van der Waals surface area contributed by atoms with E-state index in [2.05, 4.69) is 0 Å². The molecule has 6 nitrogen and oxygen atoms in total. The topological polar surface area (TPSA) is 90.7 Å². The standard InChI is InChI=1S/C12H24N2O4/c1-5-6-12(4,7-17-10(13)15)8-18-11(16)14-9(2)3/h9H,5-8H2,1-4H3,(H2,13,15)(H,14,16)/i2D3,3D3. The number of nitrogens with two attached hydrogens (primary N) is 1. The maximum atomic E-state index is 11.8. The number of ether oxygens (including phenoxy) is 2. The molecule has 0 aromatic heterocycles. The van der Waals surface area contributed by atoms with Gasteiger partial charge in [0, 0.05) is 19.7 Å². The van der Waals surface area contributed by atoms with Crippen LogP contribution < -0.4 is 11.1 Å². The summed E-state index contributed by atoms with van der Waals surface area (Å²) >= 11 is 0. The molecule has 1 atom stereocenters. The lowest BCUT2D eigenvalue weighted by atomic mass is 9.87. The van der Waals surface area contributed by atoms with Gasteiger partial charge in [0.25, 0.3) is 0 Å². The number of hydrogen-bond acceptors (Lipinski definition) is 4. The Morgan fingerprint density at radius 1 is 1.39 bits per heavy atom. The fourth-order valence-corrected chi connectivity index (χ4v) is 1.43. The van der Waals surface area contributed by atoms with Crippen LogP contribution in [0.5, 0.6) is 0 Å². The Balaban J connectivity index is 4.80. The minimum atomic E-state index is -2.91. The van der Waals surface area contributed by atoms with Crippen molar-refractivity contribution in [1.82, 2.24) is 5.32 Å². The minimum Gasteiger partial charge on any atom is -0.449 e.